The molecule has 10 nitrogen and oxygen atoms in total. The van der Waals surface area contributed by atoms with Crippen LogP contribution in [0, 0.1) is 5.41 Å². The van der Waals surface area contributed by atoms with Gasteiger partial charge in [0.25, 0.3) is 0 Å². The largest absolute Gasteiger partial charge is 0.479 e. The highest BCUT2D eigenvalue weighted by Gasteiger charge is 2.25. The number of carboxylic acids is 1. The van der Waals surface area contributed by atoms with Gasteiger partial charge in [-0.3, -0.25) is 15.0 Å². The van der Waals surface area contributed by atoms with Crippen LogP contribution >= 0.6 is 0 Å². The van der Waals surface area contributed by atoms with Gasteiger partial charge in [-0.1, -0.05) is 36.4 Å². The van der Waals surface area contributed by atoms with Crippen molar-refractivity contribution in [2.45, 2.75) is 37.4 Å². The van der Waals surface area contributed by atoms with Crippen molar-refractivity contribution in [3.8, 4) is 0 Å². The first-order valence-electron chi connectivity index (χ1n) is 9.66. The number of amidine groups is 1. The van der Waals surface area contributed by atoms with Crippen molar-refractivity contribution in [1.29, 1.82) is 5.41 Å². The van der Waals surface area contributed by atoms with Gasteiger partial charge in [-0.05, 0) is 24.0 Å². The Morgan fingerprint density at radius 1 is 1.27 bits per heavy atom. The summed E-state index contributed by atoms with van der Waals surface area (Å²) in [5.74, 6) is -1.95. The molecule has 0 spiro atoms. The summed E-state index contributed by atoms with van der Waals surface area (Å²) < 4.78 is 0. The smallest absolute Gasteiger partial charge is 0.330 e. The van der Waals surface area contributed by atoms with Crippen molar-refractivity contribution in [3.63, 3.8) is 0 Å². The predicted octanol–water partition coefficient (Wildman–Crippen LogP) is -0.624. The van der Waals surface area contributed by atoms with Gasteiger partial charge in [-0.25, -0.2) is 4.79 Å². The van der Waals surface area contributed by atoms with E-state index < -0.39 is 24.0 Å². The lowest BCUT2D eigenvalue weighted by Crippen LogP contribution is -2.44. The average Bonchev–Trinajstić information content (AvgIpc) is 3.18. The van der Waals surface area contributed by atoms with Crippen LogP contribution in [0.3, 0.4) is 0 Å². The highest BCUT2D eigenvalue weighted by molar-refractivity contribution is 5.87. The van der Waals surface area contributed by atoms with Gasteiger partial charge >= 0.3 is 5.97 Å². The fourth-order valence-corrected chi connectivity index (χ4v) is 3.17. The lowest BCUT2D eigenvalue weighted by Gasteiger charge is -2.18. The number of carbonyl (C=O) groups is 3. The third kappa shape index (κ3) is 6.68. The maximum Gasteiger partial charge on any atom is 0.330 e. The van der Waals surface area contributed by atoms with Crippen molar-refractivity contribution in [1.82, 2.24) is 16.0 Å². The zero-order valence-electron chi connectivity index (χ0n) is 16.6. The Morgan fingerprint density at radius 3 is 2.60 bits per heavy atom. The fourth-order valence-electron chi connectivity index (χ4n) is 3.17. The highest BCUT2D eigenvalue weighted by atomic mass is 16.4. The Hall–Kier alpha value is -3.24. The van der Waals surface area contributed by atoms with Gasteiger partial charge < -0.3 is 32.5 Å². The van der Waals surface area contributed by atoms with Crippen LogP contribution in [0.2, 0.25) is 0 Å². The third-order valence-corrected chi connectivity index (χ3v) is 4.73. The summed E-state index contributed by atoms with van der Waals surface area (Å²) in [6.45, 7) is 0.805. The average molecular weight is 416 g/mol. The second-order valence-corrected chi connectivity index (χ2v) is 7.03. The van der Waals surface area contributed by atoms with E-state index in [1.165, 1.54) is 0 Å². The second-order valence-electron chi connectivity index (χ2n) is 7.03. The molecular weight excluding hydrogens is 388 g/mol. The molecule has 1 aromatic rings. The lowest BCUT2D eigenvalue weighted by atomic mass is 10.0. The Kier molecular flexibility index (Phi) is 8.51. The van der Waals surface area contributed by atoms with Crippen LogP contribution in [-0.2, 0) is 14.4 Å². The summed E-state index contributed by atoms with van der Waals surface area (Å²) in [5.41, 5.74) is 12.7. The Labute approximate surface area is 174 Å². The first-order chi connectivity index (χ1) is 14.3. The first-order valence-corrected chi connectivity index (χ1v) is 9.66. The van der Waals surface area contributed by atoms with E-state index in [4.69, 9.17) is 16.9 Å². The molecule has 162 valence electrons. The van der Waals surface area contributed by atoms with Gasteiger partial charge in [0.2, 0.25) is 11.8 Å². The van der Waals surface area contributed by atoms with Crippen LogP contribution in [0.4, 0.5) is 0 Å². The molecule has 0 bridgehead atoms. The Balaban J connectivity index is 1.72. The molecule has 9 N–H and O–H groups in total. The molecule has 30 heavy (non-hydrogen) atoms. The summed E-state index contributed by atoms with van der Waals surface area (Å²) in [6.07, 6.45) is 2.55. The van der Waals surface area contributed by atoms with E-state index >= 15 is 0 Å². The quantitative estimate of drug-likeness (QED) is 0.108. The molecule has 0 aromatic heterocycles. The van der Waals surface area contributed by atoms with Crippen molar-refractivity contribution < 1.29 is 19.5 Å². The number of nitrogens with two attached hydrogens (primary N) is 2. The SMILES string of the molecule is N=C(N)C1NCC=C1CC(N)C(=O)NCCCC(=O)NC(C(=O)O)c1ccccc1. The number of nitrogens with one attached hydrogen (secondary N) is 4. The fraction of sp³-hybridized carbons (Fsp3) is 0.400. The van der Waals surface area contributed by atoms with E-state index in [2.05, 4.69) is 16.0 Å². The lowest BCUT2D eigenvalue weighted by molar-refractivity contribution is -0.142. The minimum absolute atomic E-state index is 0.0208. The van der Waals surface area contributed by atoms with E-state index in [0.29, 0.717) is 18.5 Å². The molecule has 1 heterocycles. The summed E-state index contributed by atoms with van der Waals surface area (Å²) in [6, 6.07) is 6.13. The normalized spacial score (nSPS) is 17.5. The first kappa shape index (κ1) is 23.0. The van der Waals surface area contributed by atoms with Crippen LogP contribution < -0.4 is 27.4 Å². The highest BCUT2D eigenvalue weighted by Crippen LogP contribution is 2.15. The maximum absolute atomic E-state index is 12.2. The number of carbonyl (C=O) groups excluding carboxylic acids is 2. The number of hydrogen-bond acceptors (Lipinski definition) is 6. The number of benzene rings is 1. The summed E-state index contributed by atoms with van der Waals surface area (Å²) in [4.78, 5) is 35.7. The van der Waals surface area contributed by atoms with Crippen LogP contribution in [0.5, 0.6) is 0 Å². The monoisotopic (exact) mass is 416 g/mol. The van der Waals surface area contributed by atoms with Crippen LogP contribution in [0.1, 0.15) is 30.9 Å². The number of amides is 2. The molecule has 3 unspecified atom stereocenters. The van der Waals surface area contributed by atoms with Gasteiger partial charge in [-0.2, -0.15) is 0 Å². The molecule has 1 aliphatic heterocycles. The Bertz CT molecular complexity index is 811. The van der Waals surface area contributed by atoms with Crippen LogP contribution in [0.25, 0.3) is 0 Å². The van der Waals surface area contributed by atoms with E-state index in [1.54, 1.807) is 30.3 Å². The van der Waals surface area contributed by atoms with Gasteiger partial charge in [-0.15, -0.1) is 0 Å². The topological polar surface area (TPSA) is 183 Å². The number of rotatable bonds is 11. The maximum atomic E-state index is 12.2. The summed E-state index contributed by atoms with van der Waals surface area (Å²) >= 11 is 0. The van der Waals surface area contributed by atoms with Gasteiger partial charge in [0, 0.05) is 19.5 Å². The van der Waals surface area contributed by atoms with Crippen LogP contribution in [-0.4, -0.2) is 53.9 Å². The van der Waals surface area contributed by atoms with E-state index in [1.807, 2.05) is 6.08 Å². The molecule has 3 atom stereocenters. The summed E-state index contributed by atoms with van der Waals surface area (Å²) in [5, 5.41) is 25.1. The zero-order chi connectivity index (χ0) is 22.1. The molecule has 10 heteroatoms. The van der Waals surface area contributed by atoms with Crippen molar-refractivity contribution >= 4 is 23.6 Å². The standard InChI is InChI=1S/C20H28N6O4/c21-14(11-13-8-10-24-16(13)18(22)23)19(28)25-9-4-7-15(27)26-17(20(29)30)12-5-2-1-3-6-12/h1-3,5-6,8,14,16-17,24H,4,7,9-11,21H2,(H3,22,23)(H,25,28)(H,26,27)(H,29,30). The molecule has 0 saturated heterocycles. The molecule has 0 fully saturated rings. The predicted molar refractivity (Wildman–Crippen MR) is 112 cm³/mol. The van der Waals surface area contributed by atoms with Crippen LogP contribution in [0.15, 0.2) is 42.0 Å². The van der Waals surface area contributed by atoms with E-state index in [9.17, 15) is 19.5 Å². The van der Waals surface area contributed by atoms with Crippen molar-refractivity contribution in [3.05, 3.63) is 47.5 Å². The minimum atomic E-state index is -1.15. The van der Waals surface area contributed by atoms with Crippen molar-refractivity contribution in [2.75, 3.05) is 13.1 Å². The second kappa shape index (κ2) is 11.1. The third-order valence-electron chi connectivity index (χ3n) is 4.73. The van der Waals surface area contributed by atoms with E-state index in [0.717, 1.165) is 5.57 Å². The molecule has 1 aromatic carbocycles. The van der Waals surface area contributed by atoms with E-state index in [-0.39, 0.29) is 37.2 Å². The Morgan fingerprint density at radius 2 is 1.97 bits per heavy atom. The molecule has 2 amide bonds. The number of carboxylic acid groups (broad SMARTS) is 1. The van der Waals surface area contributed by atoms with Gasteiger partial charge in [0.1, 0.15) is 5.84 Å². The number of hydrogen-bond donors (Lipinski definition) is 7. The number of aliphatic carboxylic acids is 1. The molecule has 0 radical (unpaired) electrons. The molecule has 0 aliphatic carbocycles. The molecule has 2 rings (SSSR count). The van der Waals surface area contributed by atoms with Gasteiger partial charge in [0.05, 0.1) is 12.1 Å². The van der Waals surface area contributed by atoms with Crippen molar-refractivity contribution in [2.24, 2.45) is 11.5 Å². The minimum Gasteiger partial charge on any atom is -0.479 e. The zero-order valence-corrected chi connectivity index (χ0v) is 16.6. The molecular formula is C20H28N6O4. The van der Waals surface area contributed by atoms with Gasteiger partial charge in [0.15, 0.2) is 6.04 Å². The molecule has 0 saturated carbocycles. The molecule has 1 aliphatic rings. The summed E-state index contributed by atoms with van der Waals surface area (Å²) in [7, 11) is 0.